The molecule has 0 aromatic rings. The van der Waals surface area contributed by atoms with Crippen LogP contribution in [0.25, 0.3) is 0 Å². The summed E-state index contributed by atoms with van der Waals surface area (Å²) in [6, 6.07) is 0. The predicted molar refractivity (Wildman–Crippen MR) is 61.0 cm³/mol. The van der Waals surface area contributed by atoms with Crippen LogP contribution in [0.2, 0.25) is 0 Å². The molecule has 0 radical (unpaired) electrons. The Balaban J connectivity index is 2.61. The van der Waals surface area contributed by atoms with Gasteiger partial charge in [-0.25, -0.2) is 0 Å². The van der Waals surface area contributed by atoms with Crippen molar-refractivity contribution >= 4 is 0 Å². The Kier molecular flexibility index (Phi) is 3.54. The molecule has 1 heteroatoms. The fourth-order valence-electron chi connectivity index (χ4n) is 1.86. The molecule has 2 atom stereocenters. The monoisotopic (exact) mass is 194 g/mol. The van der Waals surface area contributed by atoms with Gasteiger partial charge in [0, 0.05) is 6.61 Å². The van der Waals surface area contributed by atoms with Crippen molar-refractivity contribution in [3.63, 3.8) is 0 Å². The van der Waals surface area contributed by atoms with Gasteiger partial charge in [-0.2, -0.15) is 0 Å². The molecule has 0 amide bonds. The van der Waals surface area contributed by atoms with Crippen LogP contribution in [0.15, 0.2) is 23.8 Å². The summed E-state index contributed by atoms with van der Waals surface area (Å²) < 4.78 is 0. The molecule has 0 fully saturated rings. The van der Waals surface area contributed by atoms with Gasteiger partial charge in [-0.1, -0.05) is 44.6 Å². The molecule has 1 aliphatic carbocycles. The highest BCUT2D eigenvalue weighted by atomic mass is 16.3. The van der Waals surface area contributed by atoms with E-state index in [-0.39, 0.29) is 12.5 Å². The van der Waals surface area contributed by atoms with Crippen LogP contribution >= 0.6 is 0 Å². The molecule has 0 saturated carbocycles. The fourth-order valence-corrected chi connectivity index (χ4v) is 1.86. The zero-order valence-electron chi connectivity index (χ0n) is 9.75. The molecule has 2 unspecified atom stereocenters. The summed E-state index contributed by atoms with van der Waals surface area (Å²) in [6.45, 7) is 9.09. The molecule has 0 heterocycles. The highest BCUT2D eigenvalue weighted by molar-refractivity contribution is 5.22. The van der Waals surface area contributed by atoms with Crippen LogP contribution in [0, 0.1) is 17.3 Å². The van der Waals surface area contributed by atoms with Gasteiger partial charge in [-0.05, 0) is 30.6 Å². The molecule has 1 nitrogen and oxygen atoms in total. The van der Waals surface area contributed by atoms with Crippen LogP contribution in [0.3, 0.4) is 0 Å². The molecule has 0 spiro atoms. The van der Waals surface area contributed by atoms with E-state index >= 15 is 0 Å². The molecular formula is C13H22O. The Labute approximate surface area is 87.5 Å². The second kappa shape index (κ2) is 4.31. The molecule has 0 aliphatic heterocycles. The number of allylic oxidation sites excluding steroid dienone is 3. The van der Waals surface area contributed by atoms with Crippen molar-refractivity contribution < 1.29 is 5.11 Å². The summed E-state index contributed by atoms with van der Waals surface area (Å²) in [5.74, 6) is 0.892. The first-order valence-electron chi connectivity index (χ1n) is 5.45. The number of hydrogen-bond donors (Lipinski definition) is 1. The first-order chi connectivity index (χ1) is 6.48. The first-order valence-corrected chi connectivity index (χ1v) is 5.45. The lowest BCUT2D eigenvalue weighted by molar-refractivity contribution is 0.260. The molecule has 0 aromatic heterocycles. The number of aliphatic hydroxyl groups is 1. The van der Waals surface area contributed by atoms with Gasteiger partial charge in [0.2, 0.25) is 0 Å². The van der Waals surface area contributed by atoms with Gasteiger partial charge in [0.05, 0.1) is 0 Å². The van der Waals surface area contributed by atoms with E-state index in [1.807, 2.05) is 6.92 Å². The van der Waals surface area contributed by atoms with Crippen molar-refractivity contribution in [3.8, 4) is 0 Å². The van der Waals surface area contributed by atoms with E-state index in [1.165, 1.54) is 5.57 Å². The average molecular weight is 194 g/mol. The third-order valence-electron chi connectivity index (χ3n) is 3.58. The molecule has 1 aliphatic rings. The maximum atomic E-state index is 8.93. The maximum Gasteiger partial charge on any atom is 0.0491 e. The quantitative estimate of drug-likeness (QED) is 0.684. The molecule has 0 saturated heterocycles. The van der Waals surface area contributed by atoms with Crippen LogP contribution < -0.4 is 0 Å². The lowest BCUT2D eigenvalue weighted by atomic mass is 9.77. The Morgan fingerprint density at radius 3 is 2.71 bits per heavy atom. The van der Waals surface area contributed by atoms with Gasteiger partial charge >= 0.3 is 0 Å². The summed E-state index contributed by atoms with van der Waals surface area (Å²) in [7, 11) is 0. The third kappa shape index (κ3) is 2.27. The third-order valence-corrected chi connectivity index (χ3v) is 3.58. The molecular weight excluding hydrogens is 172 g/mol. The highest BCUT2D eigenvalue weighted by Gasteiger charge is 2.32. The van der Waals surface area contributed by atoms with Crippen LogP contribution in [0.1, 0.15) is 34.1 Å². The SMILES string of the molecule is CC1=CCC(/C=C/C(C)CO)C1(C)C. The minimum absolute atomic E-state index is 0.246. The lowest BCUT2D eigenvalue weighted by Crippen LogP contribution is -2.18. The van der Waals surface area contributed by atoms with E-state index in [9.17, 15) is 0 Å². The van der Waals surface area contributed by atoms with Crippen molar-refractivity contribution in [1.29, 1.82) is 0 Å². The Morgan fingerprint density at radius 1 is 1.64 bits per heavy atom. The second-order valence-electron chi connectivity index (χ2n) is 5.00. The molecule has 0 bridgehead atoms. The van der Waals surface area contributed by atoms with Gasteiger partial charge in [0.25, 0.3) is 0 Å². The second-order valence-corrected chi connectivity index (χ2v) is 5.00. The largest absolute Gasteiger partial charge is 0.396 e. The van der Waals surface area contributed by atoms with Gasteiger partial charge in [0.1, 0.15) is 0 Å². The molecule has 14 heavy (non-hydrogen) atoms. The topological polar surface area (TPSA) is 20.2 Å². The van der Waals surface area contributed by atoms with Crippen molar-refractivity contribution in [2.75, 3.05) is 6.61 Å². The fraction of sp³-hybridized carbons (Fsp3) is 0.692. The van der Waals surface area contributed by atoms with E-state index in [0.717, 1.165) is 6.42 Å². The standard InChI is InChI=1S/C13H22O/c1-10(9-14)5-7-12-8-6-11(2)13(12,3)4/h5-7,10,12,14H,8-9H2,1-4H3/b7-5+. The summed E-state index contributed by atoms with van der Waals surface area (Å²) in [4.78, 5) is 0. The van der Waals surface area contributed by atoms with Crippen LogP contribution in [-0.4, -0.2) is 11.7 Å². The van der Waals surface area contributed by atoms with Crippen molar-refractivity contribution in [3.05, 3.63) is 23.8 Å². The van der Waals surface area contributed by atoms with Gasteiger partial charge < -0.3 is 5.11 Å². The lowest BCUT2D eigenvalue weighted by Gasteiger charge is -2.27. The highest BCUT2D eigenvalue weighted by Crippen LogP contribution is 2.43. The number of hydrogen-bond acceptors (Lipinski definition) is 1. The zero-order valence-corrected chi connectivity index (χ0v) is 9.75. The van der Waals surface area contributed by atoms with E-state index in [4.69, 9.17) is 5.11 Å². The number of aliphatic hydroxyl groups excluding tert-OH is 1. The normalized spacial score (nSPS) is 28.1. The molecule has 80 valence electrons. The summed E-state index contributed by atoms with van der Waals surface area (Å²) in [5.41, 5.74) is 1.79. The van der Waals surface area contributed by atoms with E-state index in [0.29, 0.717) is 11.3 Å². The predicted octanol–water partition coefficient (Wildman–Crippen LogP) is 3.16. The summed E-state index contributed by atoms with van der Waals surface area (Å²) in [5, 5.41) is 8.93. The first kappa shape index (κ1) is 11.5. The van der Waals surface area contributed by atoms with E-state index in [2.05, 4.69) is 39.0 Å². The molecule has 1 rings (SSSR count). The van der Waals surface area contributed by atoms with Crippen LogP contribution in [0.5, 0.6) is 0 Å². The Morgan fingerprint density at radius 2 is 2.29 bits per heavy atom. The smallest absolute Gasteiger partial charge is 0.0491 e. The minimum Gasteiger partial charge on any atom is -0.396 e. The maximum absolute atomic E-state index is 8.93. The number of rotatable bonds is 3. The molecule has 0 aromatic carbocycles. The zero-order chi connectivity index (χ0) is 10.8. The Hall–Kier alpha value is -0.560. The van der Waals surface area contributed by atoms with Crippen molar-refractivity contribution in [2.24, 2.45) is 17.3 Å². The summed E-state index contributed by atoms with van der Waals surface area (Å²) >= 11 is 0. The Bertz CT molecular complexity index is 248. The molecule has 1 N–H and O–H groups in total. The van der Waals surface area contributed by atoms with Crippen LogP contribution in [0.4, 0.5) is 0 Å². The minimum atomic E-state index is 0.246. The van der Waals surface area contributed by atoms with Gasteiger partial charge in [-0.3, -0.25) is 0 Å². The van der Waals surface area contributed by atoms with Gasteiger partial charge in [0.15, 0.2) is 0 Å². The van der Waals surface area contributed by atoms with Crippen molar-refractivity contribution in [1.82, 2.24) is 0 Å². The average Bonchev–Trinajstić information content (AvgIpc) is 2.39. The van der Waals surface area contributed by atoms with Crippen LogP contribution in [-0.2, 0) is 0 Å². The summed E-state index contributed by atoms with van der Waals surface area (Å²) in [6.07, 6.45) is 7.89. The van der Waals surface area contributed by atoms with Gasteiger partial charge in [-0.15, -0.1) is 0 Å². The van der Waals surface area contributed by atoms with E-state index in [1.54, 1.807) is 0 Å². The van der Waals surface area contributed by atoms with Crippen molar-refractivity contribution in [2.45, 2.75) is 34.1 Å². The van der Waals surface area contributed by atoms with E-state index < -0.39 is 0 Å².